The Morgan fingerprint density at radius 1 is 0.923 bits per heavy atom. The van der Waals surface area contributed by atoms with Gasteiger partial charge in [0, 0.05) is 0 Å². The van der Waals surface area contributed by atoms with Gasteiger partial charge in [0.25, 0.3) is 0 Å². The van der Waals surface area contributed by atoms with Gasteiger partial charge in [0.1, 0.15) is 0 Å². The van der Waals surface area contributed by atoms with Gasteiger partial charge in [-0.3, -0.25) is 4.39 Å². The highest BCUT2D eigenvalue weighted by atomic mass is 19.1. The Hall–Kier alpha value is -0.0700. The third-order valence-electron chi connectivity index (χ3n) is 2.84. The van der Waals surface area contributed by atoms with Crippen LogP contribution in [0.5, 0.6) is 0 Å². The molecule has 0 aromatic heterocycles. The number of alkyl halides is 1. The van der Waals surface area contributed by atoms with E-state index < -0.39 is 0 Å². The molecule has 0 aliphatic heterocycles. The lowest BCUT2D eigenvalue weighted by Crippen LogP contribution is -2.14. The minimum absolute atomic E-state index is 0.500. The molecule has 0 aliphatic rings. The summed E-state index contributed by atoms with van der Waals surface area (Å²) < 4.78 is 9.50. The van der Waals surface area contributed by atoms with Crippen LogP contribution in [0.2, 0.25) is 0 Å². The lowest BCUT2D eigenvalue weighted by Gasteiger charge is -2.27. The lowest BCUT2D eigenvalue weighted by molar-refractivity contribution is 0.250. The molecule has 1 atom stereocenters. The molecule has 0 amide bonds. The summed E-state index contributed by atoms with van der Waals surface area (Å²) in [7, 11) is 0.500. The fourth-order valence-corrected chi connectivity index (χ4v) is 1.69. The van der Waals surface area contributed by atoms with Crippen molar-refractivity contribution in [2.24, 2.45) is 5.41 Å². The zero-order valence-corrected chi connectivity index (χ0v) is 10.1. The summed E-state index contributed by atoms with van der Waals surface area (Å²) in [6.07, 6.45) is 8.27. The molecule has 1 unspecified atom stereocenters. The third kappa shape index (κ3) is 8.27. The van der Waals surface area contributed by atoms with Crippen molar-refractivity contribution < 1.29 is 4.39 Å². The lowest BCUT2D eigenvalue weighted by atomic mass is 9.79. The molecule has 0 aromatic rings. The molecule has 0 saturated carbocycles. The maximum absolute atomic E-state index is 9.50. The molecule has 0 aromatic carbocycles. The van der Waals surface area contributed by atoms with Crippen molar-refractivity contribution in [3.05, 3.63) is 0 Å². The van der Waals surface area contributed by atoms with Crippen molar-refractivity contribution in [2.45, 2.75) is 66.2 Å². The Bertz CT molecular complexity index is 91.1. The van der Waals surface area contributed by atoms with Crippen molar-refractivity contribution in [3.63, 3.8) is 0 Å². The predicted octanol–water partition coefficient (Wildman–Crippen LogP) is 4.98. The van der Waals surface area contributed by atoms with E-state index in [9.17, 15) is 4.39 Å². The van der Waals surface area contributed by atoms with E-state index in [0.717, 1.165) is 0 Å². The summed E-state index contributed by atoms with van der Waals surface area (Å²) in [5, 5.41) is 0. The first kappa shape index (κ1) is 15.4. The Morgan fingerprint density at radius 3 is 1.77 bits per heavy atom. The first-order valence-electron chi connectivity index (χ1n) is 5.56. The molecule has 0 spiro atoms. The van der Waals surface area contributed by atoms with Gasteiger partial charge in [-0.15, -0.1) is 0 Å². The van der Waals surface area contributed by atoms with Gasteiger partial charge in [-0.2, -0.15) is 0 Å². The van der Waals surface area contributed by atoms with Crippen LogP contribution in [0.1, 0.15) is 66.2 Å². The first-order valence-corrected chi connectivity index (χ1v) is 5.56. The van der Waals surface area contributed by atoms with Gasteiger partial charge in [-0.25, -0.2) is 0 Å². The van der Waals surface area contributed by atoms with E-state index in [2.05, 4.69) is 27.7 Å². The van der Waals surface area contributed by atoms with Crippen molar-refractivity contribution >= 4 is 0 Å². The van der Waals surface area contributed by atoms with E-state index in [4.69, 9.17) is 0 Å². The van der Waals surface area contributed by atoms with Crippen molar-refractivity contribution in [1.29, 1.82) is 0 Å². The van der Waals surface area contributed by atoms with Crippen LogP contribution in [0, 0.1) is 5.41 Å². The number of unbranched alkanes of at least 4 members (excludes halogenated alkanes) is 1. The summed E-state index contributed by atoms with van der Waals surface area (Å²) in [6, 6.07) is 0. The average Bonchev–Trinajstić information content (AvgIpc) is 2.18. The zero-order chi connectivity index (χ0) is 10.7. The van der Waals surface area contributed by atoms with E-state index >= 15 is 0 Å². The van der Waals surface area contributed by atoms with Crippen molar-refractivity contribution in [1.82, 2.24) is 0 Å². The SMILES string of the molecule is CCCCC(C)(CC)CCC.CF. The second-order valence-corrected chi connectivity index (χ2v) is 4.02. The maximum atomic E-state index is 9.50. The van der Waals surface area contributed by atoms with Gasteiger partial charge in [0.05, 0.1) is 7.18 Å². The molecule has 82 valence electrons. The number of hydrogen-bond acceptors (Lipinski definition) is 0. The fourth-order valence-electron chi connectivity index (χ4n) is 1.69. The van der Waals surface area contributed by atoms with Gasteiger partial charge >= 0.3 is 0 Å². The van der Waals surface area contributed by atoms with E-state index in [1.165, 1.54) is 38.5 Å². The van der Waals surface area contributed by atoms with Crippen molar-refractivity contribution in [2.75, 3.05) is 7.18 Å². The highest BCUT2D eigenvalue weighted by molar-refractivity contribution is 4.71. The largest absolute Gasteiger partial charge is 0.255 e. The van der Waals surface area contributed by atoms with Crippen molar-refractivity contribution in [3.8, 4) is 0 Å². The van der Waals surface area contributed by atoms with Crippen LogP contribution in [0.4, 0.5) is 4.39 Å². The molecular formula is C12H27F. The Morgan fingerprint density at radius 2 is 1.46 bits per heavy atom. The molecule has 0 bridgehead atoms. The molecule has 0 fully saturated rings. The Kier molecular flexibility index (Phi) is 11.9. The molecule has 1 heteroatoms. The topological polar surface area (TPSA) is 0 Å². The summed E-state index contributed by atoms with van der Waals surface area (Å²) in [6.45, 7) is 9.33. The highest BCUT2D eigenvalue weighted by Crippen LogP contribution is 2.32. The monoisotopic (exact) mass is 190 g/mol. The van der Waals surface area contributed by atoms with Gasteiger partial charge in [0.15, 0.2) is 0 Å². The van der Waals surface area contributed by atoms with Crippen LogP contribution in [0.15, 0.2) is 0 Å². The Labute approximate surface area is 83.9 Å². The Balaban J connectivity index is 0. The number of hydrogen-bond donors (Lipinski definition) is 0. The molecule has 0 saturated heterocycles. The van der Waals surface area contributed by atoms with Crippen LogP contribution in [0.3, 0.4) is 0 Å². The summed E-state index contributed by atoms with van der Waals surface area (Å²) in [5.41, 5.74) is 0.644. The molecule has 0 aliphatic carbocycles. The summed E-state index contributed by atoms with van der Waals surface area (Å²) >= 11 is 0. The second kappa shape index (κ2) is 10.0. The van der Waals surface area contributed by atoms with E-state index in [0.29, 0.717) is 12.6 Å². The quantitative estimate of drug-likeness (QED) is 0.554. The molecule has 0 nitrogen and oxygen atoms in total. The average molecular weight is 190 g/mol. The highest BCUT2D eigenvalue weighted by Gasteiger charge is 2.19. The van der Waals surface area contributed by atoms with Crippen LogP contribution in [-0.4, -0.2) is 7.18 Å². The molecule has 0 N–H and O–H groups in total. The van der Waals surface area contributed by atoms with Crippen LogP contribution >= 0.6 is 0 Å². The maximum Gasteiger partial charge on any atom is 0.0785 e. The third-order valence-corrected chi connectivity index (χ3v) is 2.84. The van der Waals surface area contributed by atoms with Gasteiger partial charge < -0.3 is 0 Å². The van der Waals surface area contributed by atoms with E-state index in [-0.39, 0.29) is 0 Å². The number of halogens is 1. The normalized spacial score (nSPS) is 14.3. The predicted molar refractivity (Wildman–Crippen MR) is 59.9 cm³/mol. The molecular weight excluding hydrogens is 163 g/mol. The van der Waals surface area contributed by atoms with Gasteiger partial charge in [-0.1, -0.05) is 53.4 Å². The van der Waals surface area contributed by atoms with Crippen LogP contribution in [0.25, 0.3) is 0 Å². The minimum atomic E-state index is 0.500. The minimum Gasteiger partial charge on any atom is -0.255 e. The van der Waals surface area contributed by atoms with Gasteiger partial charge in [-0.05, 0) is 18.3 Å². The molecule has 0 rings (SSSR count). The van der Waals surface area contributed by atoms with E-state index in [1.54, 1.807) is 0 Å². The summed E-state index contributed by atoms with van der Waals surface area (Å²) in [5.74, 6) is 0. The second-order valence-electron chi connectivity index (χ2n) is 4.02. The number of rotatable bonds is 6. The smallest absolute Gasteiger partial charge is 0.0785 e. The zero-order valence-electron chi connectivity index (χ0n) is 10.1. The standard InChI is InChI=1S/C11H24.CH3F/c1-5-8-10-11(4,7-3)9-6-2;1-2/h5-10H2,1-4H3;1H3. The van der Waals surface area contributed by atoms with Crippen LogP contribution < -0.4 is 0 Å². The van der Waals surface area contributed by atoms with Gasteiger partial charge in [0.2, 0.25) is 0 Å². The molecule has 0 heterocycles. The summed E-state index contributed by atoms with van der Waals surface area (Å²) in [4.78, 5) is 0. The molecule has 0 radical (unpaired) electrons. The van der Waals surface area contributed by atoms with E-state index in [1.807, 2.05) is 0 Å². The first-order chi connectivity index (χ1) is 6.18. The molecule has 13 heavy (non-hydrogen) atoms. The fraction of sp³-hybridized carbons (Fsp3) is 1.00. The van der Waals surface area contributed by atoms with Crippen LogP contribution in [-0.2, 0) is 0 Å².